The lowest BCUT2D eigenvalue weighted by Gasteiger charge is -2.25. The van der Waals surface area contributed by atoms with Crippen LogP contribution in [0.15, 0.2) is 24.3 Å². The molecule has 1 rings (SSSR count). The Morgan fingerprint density at radius 2 is 2.06 bits per heavy atom. The van der Waals surface area contributed by atoms with E-state index in [1.54, 1.807) is 38.1 Å². The maximum Gasteiger partial charge on any atom is 0.323 e. The van der Waals surface area contributed by atoms with Crippen LogP contribution in [-0.4, -0.2) is 34.5 Å². The van der Waals surface area contributed by atoms with Crippen molar-refractivity contribution in [2.45, 2.75) is 26.3 Å². The first-order valence-corrected chi connectivity index (χ1v) is 5.76. The van der Waals surface area contributed by atoms with Gasteiger partial charge in [-0.2, -0.15) is 0 Å². The zero-order valence-electron chi connectivity index (χ0n) is 10.6. The van der Waals surface area contributed by atoms with Crippen LogP contribution in [0.5, 0.6) is 0 Å². The first kappa shape index (κ1) is 14.0. The molecule has 0 bridgehead atoms. The van der Waals surface area contributed by atoms with E-state index >= 15 is 0 Å². The molecule has 0 aliphatic rings. The smallest absolute Gasteiger partial charge is 0.323 e. The highest BCUT2D eigenvalue weighted by Crippen LogP contribution is 2.10. The highest BCUT2D eigenvalue weighted by Gasteiger charge is 2.19. The number of carboxylic acid groups (broad SMARTS) is 1. The molecule has 0 heterocycles. The number of aliphatic carboxylic acids is 1. The van der Waals surface area contributed by atoms with Crippen LogP contribution in [0, 0.1) is 0 Å². The first-order chi connectivity index (χ1) is 8.40. The summed E-state index contributed by atoms with van der Waals surface area (Å²) in [4.78, 5) is 24.1. The predicted molar refractivity (Wildman–Crippen MR) is 69.0 cm³/mol. The first-order valence-electron chi connectivity index (χ1n) is 5.76. The van der Waals surface area contributed by atoms with Crippen molar-refractivity contribution in [2.24, 2.45) is 0 Å². The van der Waals surface area contributed by atoms with Gasteiger partial charge in [0.05, 0.1) is 6.42 Å². The van der Waals surface area contributed by atoms with Crippen molar-refractivity contribution in [3.8, 4) is 0 Å². The molecule has 0 unspecified atom stereocenters. The van der Waals surface area contributed by atoms with Crippen molar-refractivity contribution < 1.29 is 14.7 Å². The van der Waals surface area contributed by atoms with Crippen LogP contribution in [0.25, 0.3) is 0 Å². The molecular weight excluding hydrogens is 232 g/mol. The Morgan fingerprint density at radius 3 is 2.56 bits per heavy atom. The van der Waals surface area contributed by atoms with E-state index in [9.17, 15) is 9.59 Å². The van der Waals surface area contributed by atoms with E-state index in [0.29, 0.717) is 5.69 Å². The normalized spacial score (nSPS) is 10.4. The quantitative estimate of drug-likeness (QED) is 0.767. The second-order valence-electron chi connectivity index (χ2n) is 4.43. The number of hydrogen-bond acceptors (Lipinski definition) is 3. The average Bonchev–Trinajstić information content (AvgIpc) is 2.25. The Labute approximate surface area is 106 Å². The number of carbonyl (C=O) groups is 2. The fourth-order valence-corrected chi connectivity index (χ4v) is 1.68. The summed E-state index contributed by atoms with van der Waals surface area (Å²) in [7, 11) is 0. The van der Waals surface area contributed by atoms with Gasteiger partial charge >= 0.3 is 5.97 Å². The molecule has 18 heavy (non-hydrogen) atoms. The van der Waals surface area contributed by atoms with Gasteiger partial charge in [-0.25, -0.2) is 0 Å². The van der Waals surface area contributed by atoms with Crippen LogP contribution in [0.2, 0.25) is 0 Å². The fraction of sp³-hybridized carbons (Fsp3) is 0.385. The second-order valence-corrected chi connectivity index (χ2v) is 4.43. The van der Waals surface area contributed by atoms with E-state index in [-0.39, 0.29) is 24.9 Å². The number of anilines is 1. The molecule has 0 spiro atoms. The van der Waals surface area contributed by atoms with Gasteiger partial charge in [-0.1, -0.05) is 12.1 Å². The highest BCUT2D eigenvalue weighted by atomic mass is 16.4. The van der Waals surface area contributed by atoms with Gasteiger partial charge in [0.15, 0.2) is 0 Å². The van der Waals surface area contributed by atoms with Crippen LogP contribution in [0.4, 0.5) is 5.69 Å². The lowest BCUT2D eigenvalue weighted by atomic mass is 10.1. The maximum absolute atomic E-state index is 12.0. The van der Waals surface area contributed by atoms with E-state index in [1.807, 2.05) is 0 Å². The molecule has 0 aliphatic carbocycles. The molecular formula is C13H18N2O3. The molecule has 3 N–H and O–H groups in total. The summed E-state index contributed by atoms with van der Waals surface area (Å²) in [6.07, 6.45) is 0.163. The van der Waals surface area contributed by atoms with Gasteiger partial charge in [0.25, 0.3) is 0 Å². The summed E-state index contributed by atoms with van der Waals surface area (Å²) in [6, 6.07) is 6.89. The summed E-state index contributed by atoms with van der Waals surface area (Å²) in [5, 5.41) is 8.78. The Kier molecular flexibility index (Phi) is 4.71. The van der Waals surface area contributed by atoms with E-state index < -0.39 is 5.97 Å². The predicted octanol–water partition coefficient (Wildman–Crippen LogP) is 1.13. The summed E-state index contributed by atoms with van der Waals surface area (Å²) < 4.78 is 0. The van der Waals surface area contributed by atoms with Gasteiger partial charge in [-0.15, -0.1) is 0 Å². The largest absolute Gasteiger partial charge is 0.480 e. The third-order valence-electron chi connectivity index (χ3n) is 2.56. The molecule has 0 aromatic heterocycles. The minimum Gasteiger partial charge on any atom is -0.480 e. The van der Waals surface area contributed by atoms with Gasteiger partial charge in [-0.05, 0) is 31.5 Å². The van der Waals surface area contributed by atoms with Crippen molar-refractivity contribution >= 4 is 17.6 Å². The third kappa shape index (κ3) is 4.08. The zero-order valence-corrected chi connectivity index (χ0v) is 10.6. The molecule has 1 amide bonds. The summed E-state index contributed by atoms with van der Waals surface area (Å²) in [5.41, 5.74) is 7.01. The van der Waals surface area contributed by atoms with Crippen LogP contribution in [-0.2, 0) is 16.0 Å². The number of benzene rings is 1. The van der Waals surface area contributed by atoms with E-state index in [1.165, 1.54) is 4.90 Å². The molecule has 0 radical (unpaired) electrons. The summed E-state index contributed by atoms with van der Waals surface area (Å²) in [6.45, 7) is 3.30. The topological polar surface area (TPSA) is 83.6 Å². The number of nitrogen functional groups attached to an aromatic ring is 1. The maximum atomic E-state index is 12.0. The molecule has 0 aliphatic heterocycles. The van der Waals surface area contributed by atoms with E-state index in [0.717, 1.165) is 5.56 Å². The number of nitrogens with zero attached hydrogens (tertiary/aromatic N) is 1. The molecule has 0 saturated carbocycles. The Bertz CT molecular complexity index is 444. The average molecular weight is 250 g/mol. The summed E-state index contributed by atoms with van der Waals surface area (Å²) in [5.74, 6) is -1.22. The monoisotopic (exact) mass is 250 g/mol. The minimum atomic E-state index is -1.01. The number of rotatable bonds is 5. The van der Waals surface area contributed by atoms with Gasteiger partial charge in [0.1, 0.15) is 6.54 Å². The van der Waals surface area contributed by atoms with Gasteiger partial charge in [0.2, 0.25) is 5.91 Å². The zero-order chi connectivity index (χ0) is 13.7. The number of amides is 1. The second kappa shape index (κ2) is 6.05. The highest BCUT2D eigenvalue weighted by molar-refractivity contribution is 5.83. The molecule has 0 atom stereocenters. The van der Waals surface area contributed by atoms with Gasteiger partial charge < -0.3 is 15.7 Å². The number of carbonyl (C=O) groups excluding carboxylic acids is 1. The molecule has 5 heteroatoms. The Balaban J connectivity index is 2.75. The molecule has 5 nitrogen and oxygen atoms in total. The number of hydrogen-bond donors (Lipinski definition) is 2. The molecule has 0 saturated heterocycles. The van der Waals surface area contributed by atoms with Crippen LogP contribution >= 0.6 is 0 Å². The van der Waals surface area contributed by atoms with Crippen LogP contribution in [0.1, 0.15) is 19.4 Å². The van der Waals surface area contributed by atoms with Gasteiger partial charge in [0, 0.05) is 11.7 Å². The van der Waals surface area contributed by atoms with Gasteiger partial charge in [-0.3, -0.25) is 9.59 Å². The van der Waals surface area contributed by atoms with Crippen molar-refractivity contribution in [3.63, 3.8) is 0 Å². The SMILES string of the molecule is CC(C)N(CC(=O)O)C(=O)Cc1cccc(N)c1. The van der Waals surface area contributed by atoms with Crippen molar-refractivity contribution in [2.75, 3.05) is 12.3 Å². The fourth-order valence-electron chi connectivity index (χ4n) is 1.68. The Hall–Kier alpha value is -2.04. The van der Waals surface area contributed by atoms with E-state index in [2.05, 4.69) is 0 Å². The van der Waals surface area contributed by atoms with E-state index in [4.69, 9.17) is 10.8 Å². The van der Waals surface area contributed by atoms with Crippen LogP contribution < -0.4 is 5.73 Å². The third-order valence-corrected chi connectivity index (χ3v) is 2.56. The molecule has 1 aromatic carbocycles. The van der Waals surface area contributed by atoms with Crippen LogP contribution in [0.3, 0.4) is 0 Å². The van der Waals surface area contributed by atoms with Crippen molar-refractivity contribution in [1.82, 2.24) is 4.90 Å². The minimum absolute atomic E-state index is 0.144. The molecule has 1 aromatic rings. The summed E-state index contributed by atoms with van der Waals surface area (Å²) >= 11 is 0. The lowest BCUT2D eigenvalue weighted by Crippen LogP contribution is -2.41. The van der Waals surface area contributed by atoms with Crippen molar-refractivity contribution in [1.29, 1.82) is 0 Å². The number of carboxylic acids is 1. The molecule has 0 fully saturated rings. The standard InChI is InChI=1S/C13H18N2O3/c1-9(2)15(8-13(17)18)12(16)7-10-4-3-5-11(14)6-10/h3-6,9H,7-8,14H2,1-2H3,(H,17,18). The lowest BCUT2D eigenvalue weighted by molar-refractivity contribution is -0.145. The molecule has 98 valence electrons. The number of nitrogens with two attached hydrogens (primary N) is 1. The Morgan fingerprint density at radius 1 is 1.39 bits per heavy atom. The van der Waals surface area contributed by atoms with Crippen molar-refractivity contribution in [3.05, 3.63) is 29.8 Å².